The lowest BCUT2D eigenvalue weighted by atomic mass is 9.86. The molecule has 0 rings (SSSR count). The maximum absolute atomic E-state index is 11.7. The van der Waals surface area contributed by atoms with Crippen LogP contribution in [-0.4, -0.2) is 12.5 Å². The zero-order chi connectivity index (χ0) is 10.5. The third kappa shape index (κ3) is 3.83. The minimum absolute atomic E-state index is 0.120. The average molecular weight is 179 g/mol. The smallest absolute Gasteiger partial charge is 0.167 e. The molecule has 0 bridgehead atoms. The van der Waals surface area contributed by atoms with E-state index in [1.165, 1.54) is 6.20 Å². The quantitative estimate of drug-likeness (QED) is 0.372. The highest BCUT2D eigenvalue weighted by molar-refractivity contribution is 6.01. The molecule has 0 aliphatic carbocycles. The lowest BCUT2D eigenvalue weighted by Crippen LogP contribution is -2.21. The lowest BCUT2D eigenvalue weighted by molar-refractivity contribution is -0.122. The van der Waals surface area contributed by atoms with Crippen molar-refractivity contribution >= 4 is 12.5 Å². The second kappa shape index (κ2) is 4.75. The molecule has 2 nitrogen and oxygen atoms in total. The van der Waals surface area contributed by atoms with Crippen LogP contribution in [0.15, 0.2) is 28.9 Å². The molecule has 0 spiro atoms. The molecule has 0 atom stereocenters. The number of ketones is 1. The van der Waals surface area contributed by atoms with Gasteiger partial charge in [-0.05, 0) is 19.7 Å². The summed E-state index contributed by atoms with van der Waals surface area (Å²) >= 11 is 0. The van der Waals surface area contributed by atoms with E-state index in [-0.39, 0.29) is 11.2 Å². The van der Waals surface area contributed by atoms with Gasteiger partial charge in [0.15, 0.2) is 5.78 Å². The monoisotopic (exact) mass is 179 g/mol. The Balaban J connectivity index is 4.73. The summed E-state index contributed by atoms with van der Waals surface area (Å²) in [6, 6.07) is 0. The SMILES string of the molecule is C=N/C=C\C(=C/C)C(=O)C(C)(C)C. The topological polar surface area (TPSA) is 29.4 Å². The summed E-state index contributed by atoms with van der Waals surface area (Å²) in [7, 11) is 0. The Morgan fingerprint density at radius 3 is 2.23 bits per heavy atom. The van der Waals surface area contributed by atoms with Gasteiger partial charge in [-0.3, -0.25) is 9.79 Å². The van der Waals surface area contributed by atoms with Crippen LogP contribution in [0.1, 0.15) is 27.7 Å². The van der Waals surface area contributed by atoms with Crippen molar-refractivity contribution < 1.29 is 4.79 Å². The number of hydrogen-bond donors (Lipinski definition) is 0. The van der Waals surface area contributed by atoms with E-state index in [2.05, 4.69) is 11.7 Å². The fraction of sp³-hybridized carbons (Fsp3) is 0.455. The van der Waals surface area contributed by atoms with Crippen molar-refractivity contribution in [3.05, 3.63) is 23.9 Å². The molecule has 0 heterocycles. The van der Waals surface area contributed by atoms with Gasteiger partial charge in [-0.15, -0.1) is 0 Å². The summed E-state index contributed by atoms with van der Waals surface area (Å²) in [5, 5.41) is 0. The Hall–Kier alpha value is -1.18. The first-order valence-corrected chi connectivity index (χ1v) is 4.27. The number of nitrogens with zero attached hydrogens (tertiary/aromatic N) is 1. The zero-order valence-electron chi connectivity index (χ0n) is 8.79. The highest BCUT2D eigenvalue weighted by Gasteiger charge is 2.22. The molecule has 72 valence electrons. The number of allylic oxidation sites excluding steroid dienone is 3. The van der Waals surface area contributed by atoms with Crippen molar-refractivity contribution in [3.8, 4) is 0 Å². The molecule has 0 saturated heterocycles. The minimum Gasteiger partial charge on any atom is -0.294 e. The average Bonchev–Trinajstić information content (AvgIpc) is 2.04. The summed E-state index contributed by atoms with van der Waals surface area (Å²) in [4.78, 5) is 15.3. The number of aliphatic imine (C=N–C) groups is 1. The van der Waals surface area contributed by atoms with Gasteiger partial charge in [0.2, 0.25) is 0 Å². The van der Waals surface area contributed by atoms with E-state index in [0.29, 0.717) is 5.57 Å². The van der Waals surface area contributed by atoms with Gasteiger partial charge >= 0.3 is 0 Å². The van der Waals surface area contributed by atoms with E-state index in [9.17, 15) is 4.79 Å². The van der Waals surface area contributed by atoms with E-state index in [4.69, 9.17) is 0 Å². The third-order valence-electron chi connectivity index (χ3n) is 1.61. The Kier molecular flexibility index (Phi) is 4.32. The molecule has 0 aliphatic rings. The third-order valence-corrected chi connectivity index (χ3v) is 1.61. The van der Waals surface area contributed by atoms with Gasteiger partial charge in [-0.2, -0.15) is 0 Å². The molecule has 2 heteroatoms. The predicted octanol–water partition coefficient (Wildman–Crippen LogP) is 2.76. The van der Waals surface area contributed by atoms with Gasteiger partial charge in [0, 0.05) is 17.2 Å². The first-order valence-electron chi connectivity index (χ1n) is 4.27. The molecular formula is C11H17NO. The number of Topliss-reactive ketones (excluding diaryl/α,β-unsaturated/α-hetero) is 1. The highest BCUT2D eigenvalue weighted by Crippen LogP contribution is 2.20. The molecule has 0 aromatic heterocycles. The van der Waals surface area contributed by atoms with Crippen LogP contribution in [0.3, 0.4) is 0 Å². The van der Waals surface area contributed by atoms with Crippen LogP contribution < -0.4 is 0 Å². The van der Waals surface area contributed by atoms with E-state index < -0.39 is 0 Å². The number of hydrogen-bond acceptors (Lipinski definition) is 2. The van der Waals surface area contributed by atoms with Crippen molar-refractivity contribution in [2.75, 3.05) is 0 Å². The molecular weight excluding hydrogens is 162 g/mol. The van der Waals surface area contributed by atoms with Crippen molar-refractivity contribution in [1.82, 2.24) is 0 Å². The zero-order valence-corrected chi connectivity index (χ0v) is 8.79. The van der Waals surface area contributed by atoms with E-state index in [0.717, 1.165) is 0 Å². The van der Waals surface area contributed by atoms with Gasteiger partial charge in [-0.1, -0.05) is 26.8 Å². The fourth-order valence-electron chi connectivity index (χ4n) is 0.869. The maximum atomic E-state index is 11.7. The maximum Gasteiger partial charge on any atom is 0.167 e. The molecule has 0 fully saturated rings. The first kappa shape index (κ1) is 11.8. The summed E-state index contributed by atoms with van der Waals surface area (Å²) < 4.78 is 0. The second-order valence-corrected chi connectivity index (χ2v) is 3.82. The van der Waals surface area contributed by atoms with Crippen molar-refractivity contribution in [2.45, 2.75) is 27.7 Å². The molecule has 0 radical (unpaired) electrons. The van der Waals surface area contributed by atoms with E-state index in [1.807, 2.05) is 27.7 Å². The van der Waals surface area contributed by atoms with Gasteiger partial charge in [-0.25, -0.2) is 0 Å². The molecule has 0 aliphatic heterocycles. The van der Waals surface area contributed by atoms with Crippen LogP contribution in [0.2, 0.25) is 0 Å². The van der Waals surface area contributed by atoms with Crippen molar-refractivity contribution in [2.24, 2.45) is 10.4 Å². The van der Waals surface area contributed by atoms with Crippen LogP contribution in [0.4, 0.5) is 0 Å². The summed E-state index contributed by atoms with van der Waals surface area (Å²) in [5.41, 5.74) is 0.341. The normalized spacial score (nSPS) is 13.4. The summed E-state index contributed by atoms with van der Waals surface area (Å²) in [5.74, 6) is 0.120. The number of carbonyl (C=O) groups is 1. The van der Waals surface area contributed by atoms with Crippen LogP contribution in [-0.2, 0) is 4.79 Å². The molecule has 0 aromatic rings. The van der Waals surface area contributed by atoms with Crippen LogP contribution in [0, 0.1) is 5.41 Å². The summed E-state index contributed by atoms with van der Waals surface area (Å²) in [6.45, 7) is 10.8. The Bertz CT molecular complexity index is 254. The Morgan fingerprint density at radius 2 is 1.92 bits per heavy atom. The predicted molar refractivity (Wildman–Crippen MR) is 56.9 cm³/mol. The molecule has 0 N–H and O–H groups in total. The summed E-state index contributed by atoms with van der Waals surface area (Å²) in [6.07, 6.45) is 4.99. The van der Waals surface area contributed by atoms with E-state index >= 15 is 0 Å². The number of carbonyl (C=O) groups excluding carboxylic acids is 1. The van der Waals surface area contributed by atoms with E-state index in [1.54, 1.807) is 12.2 Å². The largest absolute Gasteiger partial charge is 0.294 e. The Morgan fingerprint density at radius 1 is 1.38 bits per heavy atom. The van der Waals surface area contributed by atoms with Crippen molar-refractivity contribution in [1.29, 1.82) is 0 Å². The fourth-order valence-corrected chi connectivity index (χ4v) is 0.869. The highest BCUT2D eigenvalue weighted by atomic mass is 16.1. The standard InChI is InChI=1S/C11H17NO/c1-6-9(7-8-12-5)10(13)11(2,3)4/h6-8H,5H2,1-4H3/b8-7-,9-6+. The minimum atomic E-state index is -0.340. The van der Waals surface area contributed by atoms with Gasteiger partial charge in [0.25, 0.3) is 0 Å². The lowest BCUT2D eigenvalue weighted by Gasteiger charge is -2.16. The molecule has 0 unspecified atom stereocenters. The van der Waals surface area contributed by atoms with Crippen LogP contribution >= 0.6 is 0 Å². The molecule has 0 saturated carbocycles. The molecule has 13 heavy (non-hydrogen) atoms. The Labute approximate surface area is 80.1 Å². The van der Waals surface area contributed by atoms with Gasteiger partial charge < -0.3 is 0 Å². The van der Waals surface area contributed by atoms with Gasteiger partial charge in [0.1, 0.15) is 0 Å². The molecule has 0 amide bonds. The molecule has 0 aromatic carbocycles. The first-order chi connectivity index (χ1) is 5.93. The number of rotatable bonds is 3. The van der Waals surface area contributed by atoms with Gasteiger partial charge in [0.05, 0.1) is 0 Å². The second-order valence-electron chi connectivity index (χ2n) is 3.82. The van der Waals surface area contributed by atoms with Crippen LogP contribution in [0.5, 0.6) is 0 Å². The van der Waals surface area contributed by atoms with Crippen molar-refractivity contribution in [3.63, 3.8) is 0 Å². The van der Waals surface area contributed by atoms with Crippen LogP contribution in [0.25, 0.3) is 0 Å².